The molecule has 0 saturated carbocycles. The number of rotatable bonds is 3. The van der Waals surface area contributed by atoms with Crippen molar-refractivity contribution in [3.05, 3.63) is 47.4 Å². The van der Waals surface area contributed by atoms with Crippen molar-refractivity contribution in [2.24, 2.45) is 0 Å². The second-order valence-electron chi connectivity index (χ2n) is 4.01. The third kappa shape index (κ3) is 2.72. The number of nitrogens with one attached hydrogen (secondary N) is 1. The van der Waals surface area contributed by atoms with Crippen LogP contribution in [0.15, 0.2) is 30.6 Å². The number of hydrogen-bond acceptors (Lipinski definition) is 5. The van der Waals surface area contributed by atoms with E-state index in [0.717, 1.165) is 0 Å². The molecule has 0 atom stereocenters. The van der Waals surface area contributed by atoms with E-state index in [1.165, 1.54) is 30.6 Å². The molecular weight excluding hydrogens is 262 g/mol. The van der Waals surface area contributed by atoms with Crippen molar-refractivity contribution in [1.82, 2.24) is 9.97 Å². The fourth-order valence-electron chi connectivity index (χ4n) is 1.56. The number of phenols is 1. The maximum absolute atomic E-state index is 12.0. The van der Waals surface area contributed by atoms with Crippen LogP contribution in [0, 0.1) is 6.92 Å². The SMILES string of the molecule is Cc1cc(C(=O)Nc2nccnc2C(=O)O)ccc1O. The Morgan fingerprint density at radius 3 is 2.55 bits per heavy atom. The number of benzene rings is 1. The Balaban J connectivity index is 2.28. The number of carbonyl (C=O) groups excluding carboxylic acids is 1. The van der Waals surface area contributed by atoms with E-state index in [2.05, 4.69) is 15.3 Å². The summed E-state index contributed by atoms with van der Waals surface area (Å²) < 4.78 is 0. The predicted molar refractivity (Wildman–Crippen MR) is 69.8 cm³/mol. The van der Waals surface area contributed by atoms with Crippen molar-refractivity contribution in [1.29, 1.82) is 0 Å². The molecule has 0 radical (unpaired) electrons. The molecule has 0 aliphatic carbocycles. The molecular formula is C13H11N3O4. The lowest BCUT2D eigenvalue weighted by atomic mass is 10.1. The number of carboxylic acid groups (broad SMARTS) is 1. The number of carbonyl (C=O) groups is 2. The smallest absolute Gasteiger partial charge is 0.358 e. The molecule has 0 unspecified atom stereocenters. The van der Waals surface area contributed by atoms with Gasteiger partial charge in [0.2, 0.25) is 0 Å². The van der Waals surface area contributed by atoms with Gasteiger partial charge in [0.1, 0.15) is 5.75 Å². The van der Waals surface area contributed by atoms with Gasteiger partial charge in [0.15, 0.2) is 11.5 Å². The maximum atomic E-state index is 12.0. The summed E-state index contributed by atoms with van der Waals surface area (Å²) in [4.78, 5) is 30.4. The minimum atomic E-state index is -1.28. The lowest BCUT2D eigenvalue weighted by Crippen LogP contribution is -2.17. The zero-order chi connectivity index (χ0) is 14.7. The highest BCUT2D eigenvalue weighted by molar-refractivity contribution is 6.06. The summed E-state index contributed by atoms with van der Waals surface area (Å²) in [6.07, 6.45) is 2.51. The second kappa shape index (κ2) is 5.35. The number of carboxylic acids is 1. The number of amides is 1. The highest BCUT2D eigenvalue weighted by Gasteiger charge is 2.16. The molecule has 3 N–H and O–H groups in total. The van der Waals surface area contributed by atoms with Crippen molar-refractivity contribution in [3.63, 3.8) is 0 Å². The summed E-state index contributed by atoms with van der Waals surface area (Å²) >= 11 is 0. The average molecular weight is 273 g/mol. The largest absolute Gasteiger partial charge is 0.508 e. The van der Waals surface area contributed by atoms with Gasteiger partial charge in [0.25, 0.3) is 5.91 Å². The minimum Gasteiger partial charge on any atom is -0.508 e. The van der Waals surface area contributed by atoms with E-state index in [0.29, 0.717) is 5.56 Å². The normalized spacial score (nSPS) is 10.1. The first-order valence-electron chi connectivity index (χ1n) is 5.64. The summed E-state index contributed by atoms with van der Waals surface area (Å²) in [7, 11) is 0. The molecule has 20 heavy (non-hydrogen) atoms. The van der Waals surface area contributed by atoms with Gasteiger partial charge in [-0.1, -0.05) is 0 Å². The molecule has 2 aromatic rings. The zero-order valence-electron chi connectivity index (χ0n) is 10.5. The van der Waals surface area contributed by atoms with Gasteiger partial charge in [-0.15, -0.1) is 0 Å². The summed E-state index contributed by atoms with van der Waals surface area (Å²) in [6.45, 7) is 1.65. The number of aryl methyl sites for hydroxylation is 1. The molecule has 1 aromatic heterocycles. The molecule has 0 aliphatic heterocycles. The third-order valence-electron chi connectivity index (χ3n) is 2.59. The molecule has 102 valence electrons. The fraction of sp³-hybridized carbons (Fsp3) is 0.0769. The Morgan fingerprint density at radius 1 is 1.20 bits per heavy atom. The number of aromatic hydroxyl groups is 1. The van der Waals surface area contributed by atoms with Crippen LogP contribution in [0.3, 0.4) is 0 Å². The van der Waals surface area contributed by atoms with Crippen molar-refractivity contribution >= 4 is 17.7 Å². The highest BCUT2D eigenvalue weighted by Crippen LogP contribution is 2.18. The van der Waals surface area contributed by atoms with Crippen LogP contribution in [0.1, 0.15) is 26.4 Å². The van der Waals surface area contributed by atoms with Crippen LogP contribution in [0.5, 0.6) is 5.75 Å². The van der Waals surface area contributed by atoms with Crippen LogP contribution in [0.2, 0.25) is 0 Å². The van der Waals surface area contributed by atoms with Gasteiger partial charge >= 0.3 is 5.97 Å². The minimum absolute atomic E-state index is 0.0762. The van der Waals surface area contributed by atoms with Crippen LogP contribution < -0.4 is 5.32 Å². The van der Waals surface area contributed by atoms with Gasteiger partial charge in [-0.05, 0) is 30.7 Å². The monoisotopic (exact) mass is 273 g/mol. The molecule has 0 fully saturated rings. The zero-order valence-corrected chi connectivity index (χ0v) is 10.5. The number of hydrogen-bond donors (Lipinski definition) is 3. The van der Waals surface area contributed by atoms with Gasteiger partial charge in [-0.2, -0.15) is 0 Å². The number of nitrogens with zero attached hydrogens (tertiary/aromatic N) is 2. The van der Waals surface area contributed by atoms with E-state index in [9.17, 15) is 14.7 Å². The van der Waals surface area contributed by atoms with E-state index in [1.807, 2.05) is 0 Å². The molecule has 7 nitrogen and oxygen atoms in total. The number of phenolic OH excluding ortho intramolecular Hbond substituents is 1. The van der Waals surface area contributed by atoms with Gasteiger partial charge in [0.05, 0.1) is 0 Å². The molecule has 1 aromatic carbocycles. The van der Waals surface area contributed by atoms with Crippen LogP contribution in [-0.2, 0) is 0 Å². The molecule has 0 bridgehead atoms. The summed E-state index contributed by atoms with van der Waals surface area (Å²) in [5.74, 6) is -1.87. The maximum Gasteiger partial charge on any atom is 0.358 e. The Morgan fingerprint density at radius 2 is 1.90 bits per heavy atom. The van der Waals surface area contributed by atoms with Gasteiger partial charge in [0, 0.05) is 18.0 Å². The summed E-state index contributed by atoms with van der Waals surface area (Å²) in [5.41, 5.74) is 0.480. The average Bonchev–Trinajstić information content (AvgIpc) is 2.42. The lowest BCUT2D eigenvalue weighted by molar-refractivity contribution is 0.0691. The van der Waals surface area contributed by atoms with Gasteiger partial charge < -0.3 is 15.5 Å². The quantitative estimate of drug-likeness (QED) is 0.780. The molecule has 7 heteroatoms. The number of aromatic carboxylic acids is 1. The van der Waals surface area contributed by atoms with Crippen LogP contribution >= 0.6 is 0 Å². The molecule has 1 heterocycles. The Bertz CT molecular complexity index is 685. The highest BCUT2D eigenvalue weighted by atomic mass is 16.4. The van der Waals surface area contributed by atoms with Crippen LogP contribution in [0.25, 0.3) is 0 Å². The Labute approximate surface area is 113 Å². The third-order valence-corrected chi connectivity index (χ3v) is 2.59. The fourth-order valence-corrected chi connectivity index (χ4v) is 1.56. The van der Waals surface area contributed by atoms with E-state index in [1.54, 1.807) is 6.92 Å². The van der Waals surface area contributed by atoms with Gasteiger partial charge in [-0.25, -0.2) is 14.8 Å². The number of anilines is 1. The van der Waals surface area contributed by atoms with Gasteiger partial charge in [-0.3, -0.25) is 4.79 Å². The molecule has 1 amide bonds. The first-order valence-corrected chi connectivity index (χ1v) is 5.64. The number of aromatic nitrogens is 2. The lowest BCUT2D eigenvalue weighted by Gasteiger charge is -2.07. The van der Waals surface area contributed by atoms with Crippen LogP contribution in [0.4, 0.5) is 5.82 Å². The summed E-state index contributed by atoms with van der Waals surface area (Å²) in [6, 6.07) is 4.30. The topological polar surface area (TPSA) is 112 Å². The Kier molecular flexibility index (Phi) is 3.60. The van der Waals surface area contributed by atoms with Crippen molar-refractivity contribution in [3.8, 4) is 5.75 Å². The molecule has 0 spiro atoms. The van der Waals surface area contributed by atoms with Crippen LogP contribution in [-0.4, -0.2) is 32.1 Å². The van der Waals surface area contributed by atoms with E-state index < -0.39 is 11.9 Å². The first-order chi connectivity index (χ1) is 9.49. The predicted octanol–water partition coefficient (Wildman–Crippen LogP) is 1.44. The van der Waals surface area contributed by atoms with E-state index in [-0.39, 0.29) is 22.8 Å². The second-order valence-corrected chi connectivity index (χ2v) is 4.01. The summed E-state index contributed by atoms with van der Waals surface area (Å²) in [5, 5.41) is 20.7. The molecule has 0 aliphatic rings. The first kappa shape index (κ1) is 13.5. The standard InChI is InChI=1S/C13H11N3O4/c1-7-6-8(2-3-9(7)17)12(18)16-11-10(13(19)20)14-4-5-15-11/h2-6,17H,1H3,(H,19,20)(H,15,16,18). The molecule has 2 rings (SSSR count). The Hall–Kier alpha value is -2.96. The molecule has 0 saturated heterocycles. The van der Waals surface area contributed by atoms with Crippen molar-refractivity contribution in [2.75, 3.05) is 5.32 Å². The van der Waals surface area contributed by atoms with E-state index in [4.69, 9.17) is 5.11 Å². The van der Waals surface area contributed by atoms with Crippen molar-refractivity contribution in [2.45, 2.75) is 6.92 Å². The van der Waals surface area contributed by atoms with E-state index >= 15 is 0 Å². The van der Waals surface area contributed by atoms with Crippen molar-refractivity contribution < 1.29 is 19.8 Å².